The zero-order chi connectivity index (χ0) is 24.7. The van der Waals surface area contributed by atoms with Crippen molar-refractivity contribution >= 4 is 45.2 Å². The Morgan fingerprint density at radius 2 is 1.76 bits per heavy atom. The monoisotopic (exact) mass is 529 g/mol. The second kappa shape index (κ2) is 6.46. The molecule has 2 saturated carbocycles. The van der Waals surface area contributed by atoms with Crippen molar-refractivity contribution in [3.63, 3.8) is 0 Å². The number of amides is 1. The van der Waals surface area contributed by atoms with Crippen molar-refractivity contribution in [2.45, 2.75) is 42.9 Å². The number of aromatic nitrogens is 2. The molecular formula is C19H18Cl2F5N5OS. The second-order valence-corrected chi connectivity index (χ2v) is 12.1. The minimum atomic E-state index is -10.1. The van der Waals surface area contributed by atoms with Gasteiger partial charge in [-0.15, -0.1) is 0 Å². The zero-order valence-electron chi connectivity index (χ0n) is 17.1. The summed E-state index contributed by atoms with van der Waals surface area (Å²) in [5, 5.41) is 15.4. The molecule has 2 aromatic rings. The van der Waals surface area contributed by atoms with Gasteiger partial charge in [0.2, 0.25) is 5.91 Å². The van der Waals surface area contributed by atoms with E-state index in [4.69, 9.17) is 28.9 Å². The number of carbonyl (C=O) groups is 1. The van der Waals surface area contributed by atoms with E-state index in [1.165, 1.54) is 0 Å². The molecule has 3 N–H and O–H groups in total. The van der Waals surface area contributed by atoms with Gasteiger partial charge in [0.25, 0.3) is 0 Å². The number of halogens is 7. The van der Waals surface area contributed by atoms with E-state index in [2.05, 4.69) is 10.4 Å². The number of carbonyl (C=O) groups excluding carboxylic acids is 1. The molecule has 0 aliphatic heterocycles. The Hall–Kier alpha value is -2.23. The lowest BCUT2D eigenvalue weighted by molar-refractivity contribution is -0.120. The van der Waals surface area contributed by atoms with Gasteiger partial charge >= 0.3 is 10.2 Å². The number of rotatable bonds is 7. The summed E-state index contributed by atoms with van der Waals surface area (Å²) in [6.45, 7) is 2.39. The highest BCUT2D eigenvalue weighted by Crippen LogP contribution is 3.02. The molecule has 0 saturated heterocycles. The van der Waals surface area contributed by atoms with Crippen LogP contribution in [-0.2, 0) is 10.2 Å². The maximum atomic E-state index is 13.3. The van der Waals surface area contributed by atoms with Crippen LogP contribution in [0.2, 0.25) is 10.0 Å². The third-order valence-corrected chi connectivity index (χ3v) is 7.83. The van der Waals surface area contributed by atoms with Crippen LogP contribution in [0.1, 0.15) is 43.9 Å². The van der Waals surface area contributed by atoms with Gasteiger partial charge in [0.1, 0.15) is 22.5 Å². The van der Waals surface area contributed by atoms with Gasteiger partial charge in [0.15, 0.2) is 5.69 Å². The first kappa shape index (κ1) is 23.9. The van der Waals surface area contributed by atoms with Crippen LogP contribution < -0.4 is 11.1 Å². The summed E-state index contributed by atoms with van der Waals surface area (Å²) in [4.78, 5) is 9.96. The van der Waals surface area contributed by atoms with Crippen molar-refractivity contribution in [3.05, 3.63) is 33.4 Å². The lowest BCUT2D eigenvalue weighted by Gasteiger charge is -2.40. The molecule has 0 radical (unpaired) electrons. The Bertz CT molecular complexity index is 1220. The van der Waals surface area contributed by atoms with Gasteiger partial charge in [0.05, 0.1) is 15.5 Å². The van der Waals surface area contributed by atoms with E-state index in [0.717, 1.165) is 17.5 Å². The van der Waals surface area contributed by atoms with Gasteiger partial charge < -0.3 is 11.1 Å². The van der Waals surface area contributed by atoms with E-state index in [0.29, 0.717) is 19.4 Å². The van der Waals surface area contributed by atoms with Crippen LogP contribution in [0, 0.1) is 16.7 Å². The largest absolute Gasteiger partial charge is 0.369 e. The van der Waals surface area contributed by atoms with E-state index >= 15 is 0 Å². The molecule has 1 heterocycles. The summed E-state index contributed by atoms with van der Waals surface area (Å²) in [5.41, 5.74) is 3.99. The standard InChI is InChI=1S/C19H18Cl2F5N5OS/c1-18(2-3-18)9-29-16-14(19(4-5-19)17(28)32)13(8-27)30-31(16)15-11(20)6-10(7-12(15)21)33(22,23,24,25)26/h6-7,29H,2-5,9H2,1H3,(H2,28,32). The van der Waals surface area contributed by atoms with Gasteiger partial charge in [-0.25, -0.2) is 4.68 Å². The number of nitrogens with two attached hydrogens (primary N) is 1. The quantitative estimate of drug-likeness (QED) is 0.403. The van der Waals surface area contributed by atoms with Crippen molar-refractivity contribution in [3.8, 4) is 11.8 Å². The molecular weight excluding hydrogens is 512 g/mol. The number of hydrogen-bond acceptors (Lipinski definition) is 4. The number of nitrogens with zero attached hydrogens (tertiary/aromatic N) is 3. The van der Waals surface area contributed by atoms with E-state index in [1.54, 1.807) is 0 Å². The number of primary amides is 1. The smallest absolute Gasteiger partial charge is 0.310 e. The average Bonchev–Trinajstić information content (AvgIpc) is 3.57. The Kier molecular flexibility index (Phi) is 4.68. The number of nitriles is 1. The van der Waals surface area contributed by atoms with Crippen LogP contribution in [-0.4, -0.2) is 22.2 Å². The highest BCUT2D eigenvalue weighted by atomic mass is 35.5. The van der Waals surface area contributed by atoms with Crippen LogP contribution in [0.15, 0.2) is 17.0 Å². The van der Waals surface area contributed by atoms with Crippen LogP contribution >= 0.6 is 33.4 Å². The lowest BCUT2D eigenvalue weighted by Crippen LogP contribution is -2.30. The topological polar surface area (TPSA) is 96.7 Å². The molecule has 1 amide bonds. The molecule has 2 fully saturated rings. The van der Waals surface area contributed by atoms with E-state index in [9.17, 15) is 29.5 Å². The van der Waals surface area contributed by atoms with Crippen LogP contribution in [0.25, 0.3) is 5.69 Å². The van der Waals surface area contributed by atoms with Crippen molar-refractivity contribution in [2.75, 3.05) is 11.9 Å². The number of anilines is 1. The molecule has 2 aliphatic rings. The summed E-state index contributed by atoms with van der Waals surface area (Å²) >= 11 is 12.0. The van der Waals surface area contributed by atoms with Crippen LogP contribution in [0.3, 0.4) is 0 Å². The minimum Gasteiger partial charge on any atom is -0.369 e. The number of benzene rings is 1. The first-order valence-corrected chi connectivity index (χ1v) is 12.4. The van der Waals surface area contributed by atoms with Gasteiger partial charge in [-0.3, -0.25) is 4.79 Å². The molecule has 0 unspecified atom stereocenters. The average molecular weight is 530 g/mol. The second-order valence-electron chi connectivity index (χ2n) is 8.91. The van der Waals surface area contributed by atoms with Crippen molar-refractivity contribution < 1.29 is 24.2 Å². The maximum absolute atomic E-state index is 13.3. The highest BCUT2D eigenvalue weighted by Gasteiger charge is 2.65. The SMILES string of the molecule is CC1(CNc2c(C3(C(N)=O)CC3)c(C#N)nn2-c2c(Cl)cc(S(F)(F)(F)(F)F)cc2Cl)CC1. The number of nitrogens with one attached hydrogen (secondary N) is 1. The molecule has 1 aromatic carbocycles. The van der Waals surface area contributed by atoms with E-state index in [-0.39, 0.29) is 40.3 Å². The Morgan fingerprint density at radius 1 is 1.21 bits per heavy atom. The zero-order valence-corrected chi connectivity index (χ0v) is 19.4. The van der Waals surface area contributed by atoms with Crippen molar-refractivity contribution in [1.82, 2.24) is 9.78 Å². The first-order valence-electron chi connectivity index (χ1n) is 9.72. The summed E-state index contributed by atoms with van der Waals surface area (Å²) in [7, 11) is -10.1. The third-order valence-electron chi connectivity index (χ3n) is 6.13. The normalized spacial score (nSPS) is 20.3. The molecule has 33 heavy (non-hydrogen) atoms. The fraction of sp³-hybridized carbons (Fsp3) is 0.421. The highest BCUT2D eigenvalue weighted by molar-refractivity contribution is 8.45. The lowest BCUT2D eigenvalue weighted by atomic mass is 9.94. The Labute approximate surface area is 195 Å². The fourth-order valence-electron chi connectivity index (χ4n) is 3.67. The fourth-order valence-corrected chi connectivity index (χ4v) is 5.13. The van der Waals surface area contributed by atoms with E-state index < -0.39 is 36.5 Å². The summed E-state index contributed by atoms with van der Waals surface area (Å²) in [5.74, 6) is -0.576. The number of hydrogen-bond donors (Lipinski definition) is 2. The van der Waals surface area contributed by atoms with Crippen molar-refractivity contribution in [1.29, 1.82) is 5.26 Å². The molecule has 4 rings (SSSR count). The van der Waals surface area contributed by atoms with Crippen molar-refractivity contribution in [2.24, 2.45) is 11.1 Å². The summed E-state index contributed by atoms with van der Waals surface area (Å²) in [6.07, 6.45) is 2.52. The molecule has 14 heteroatoms. The summed E-state index contributed by atoms with van der Waals surface area (Å²) < 4.78 is 67.5. The third kappa shape index (κ3) is 4.22. The molecule has 180 valence electrons. The Morgan fingerprint density at radius 3 is 2.15 bits per heavy atom. The molecule has 6 nitrogen and oxygen atoms in total. The van der Waals surface area contributed by atoms with Crippen LogP contribution in [0.5, 0.6) is 0 Å². The van der Waals surface area contributed by atoms with Gasteiger partial charge in [-0.05, 0) is 43.2 Å². The molecule has 0 atom stereocenters. The maximum Gasteiger partial charge on any atom is 0.310 e. The molecule has 2 aliphatic carbocycles. The van der Waals surface area contributed by atoms with Gasteiger partial charge in [-0.1, -0.05) is 49.6 Å². The Balaban J connectivity index is 1.94. The minimum absolute atomic E-state index is 0.0671. The molecule has 0 spiro atoms. The van der Waals surface area contributed by atoms with Crippen LogP contribution in [0.4, 0.5) is 25.2 Å². The predicted molar refractivity (Wildman–Crippen MR) is 116 cm³/mol. The molecule has 0 bridgehead atoms. The predicted octanol–water partition coefficient (Wildman–Crippen LogP) is 6.44. The van der Waals surface area contributed by atoms with E-state index in [1.807, 2.05) is 13.0 Å². The summed E-state index contributed by atoms with van der Waals surface area (Å²) in [6, 6.07) is 2.01. The molecule has 1 aromatic heterocycles. The first-order chi connectivity index (χ1) is 14.9. The van der Waals surface area contributed by atoms with Gasteiger partial charge in [-0.2, -0.15) is 10.4 Å². The van der Waals surface area contributed by atoms with Gasteiger partial charge in [0, 0.05) is 12.1 Å².